The summed E-state index contributed by atoms with van der Waals surface area (Å²) in [4.78, 5) is 15.3. The molecular formula is C15H10F3N3O3. The first-order valence-corrected chi connectivity index (χ1v) is 6.65. The summed E-state index contributed by atoms with van der Waals surface area (Å²) in [5, 5.41) is 12.6. The quantitative estimate of drug-likeness (QED) is 0.795. The first-order valence-electron chi connectivity index (χ1n) is 6.65. The summed E-state index contributed by atoms with van der Waals surface area (Å²) in [5.41, 5.74) is -1.68. The Balaban J connectivity index is 2.37. The second-order valence-electron chi connectivity index (χ2n) is 4.82. The van der Waals surface area contributed by atoms with Crippen LogP contribution in [-0.4, -0.2) is 32.8 Å². The van der Waals surface area contributed by atoms with Crippen molar-refractivity contribution in [2.24, 2.45) is 0 Å². The third-order valence-corrected chi connectivity index (χ3v) is 3.38. The summed E-state index contributed by atoms with van der Waals surface area (Å²) in [5.74, 6) is -1.10. The van der Waals surface area contributed by atoms with Crippen LogP contribution in [0.5, 0.6) is 5.75 Å². The van der Waals surface area contributed by atoms with Crippen LogP contribution in [0, 0.1) is 0 Å². The minimum Gasteiger partial charge on any atom is -0.496 e. The summed E-state index contributed by atoms with van der Waals surface area (Å²) in [7, 11) is 1.38. The number of hydrogen-bond donors (Lipinski definition) is 1. The molecule has 2 aromatic heterocycles. The molecule has 0 amide bonds. The van der Waals surface area contributed by atoms with E-state index in [1.54, 1.807) is 18.2 Å². The molecular weight excluding hydrogens is 327 g/mol. The molecule has 24 heavy (non-hydrogen) atoms. The van der Waals surface area contributed by atoms with E-state index in [0.717, 1.165) is 12.3 Å². The first kappa shape index (κ1) is 15.8. The molecule has 3 aromatic rings. The van der Waals surface area contributed by atoms with E-state index in [1.165, 1.54) is 13.2 Å². The lowest BCUT2D eigenvalue weighted by molar-refractivity contribution is -0.142. The minimum atomic E-state index is -4.74. The number of alkyl halides is 3. The Morgan fingerprint density at radius 1 is 1.29 bits per heavy atom. The molecule has 0 radical (unpaired) electrons. The second-order valence-corrected chi connectivity index (χ2v) is 4.82. The number of hydrogen-bond acceptors (Lipinski definition) is 4. The molecule has 1 N–H and O–H groups in total. The Labute approximate surface area is 133 Å². The van der Waals surface area contributed by atoms with Gasteiger partial charge >= 0.3 is 12.1 Å². The number of para-hydroxylation sites is 1. The van der Waals surface area contributed by atoms with Crippen molar-refractivity contribution >= 4 is 11.6 Å². The highest BCUT2D eigenvalue weighted by atomic mass is 19.4. The molecule has 124 valence electrons. The number of aromatic nitrogens is 3. The largest absolute Gasteiger partial charge is 0.496 e. The van der Waals surface area contributed by atoms with E-state index >= 15 is 0 Å². The topological polar surface area (TPSA) is 76.7 Å². The number of methoxy groups -OCH3 is 1. The van der Waals surface area contributed by atoms with Crippen molar-refractivity contribution in [3.05, 3.63) is 47.8 Å². The lowest BCUT2D eigenvalue weighted by atomic mass is 10.1. The van der Waals surface area contributed by atoms with Crippen LogP contribution in [0.15, 0.2) is 36.5 Å². The molecule has 0 atom stereocenters. The van der Waals surface area contributed by atoms with E-state index in [1.807, 2.05) is 0 Å². The maximum atomic E-state index is 13.3. The maximum absolute atomic E-state index is 13.3. The summed E-state index contributed by atoms with van der Waals surface area (Å²) >= 11 is 0. The van der Waals surface area contributed by atoms with Crippen LogP contribution in [0.4, 0.5) is 13.2 Å². The molecule has 0 aliphatic rings. The zero-order valence-electron chi connectivity index (χ0n) is 12.2. The highest BCUT2D eigenvalue weighted by Crippen LogP contribution is 2.35. The van der Waals surface area contributed by atoms with Crippen LogP contribution in [-0.2, 0) is 6.18 Å². The summed E-state index contributed by atoms with van der Waals surface area (Å²) in [6.07, 6.45) is -3.90. The first-order chi connectivity index (χ1) is 11.3. The molecule has 1 aromatic carbocycles. The standard InChI is InChI=1S/C15H10F3N3O3/c1-24-11-5-3-2-4-8(11)10-6-12(15(16,17)18)21-13(20-10)9(7-19-21)14(22)23/h2-7H,1H3,(H,22,23). The summed E-state index contributed by atoms with van der Waals surface area (Å²) in [6.45, 7) is 0. The van der Waals surface area contributed by atoms with Crippen molar-refractivity contribution in [1.82, 2.24) is 14.6 Å². The van der Waals surface area contributed by atoms with Gasteiger partial charge in [0.1, 0.15) is 11.3 Å². The van der Waals surface area contributed by atoms with Crippen LogP contribution in [0.3, 0.4) is 0 Å². The Morgan fingerprint density at radius 3 is 2.62 bits per heavy atom. The average molecular weight is 337 g/mol. The monoisotopic (exact) mass is 337 g/mol. The molecule has 0 saturated heterocycles. The molecule has 9 heteroatoms. The normalized spacial score (nSPS) is 11.7. The SMILES string of the molecule is COc1ccccc1-c1cc(C(F)(F)F)n2ncc(C(=O)O)c2n1. The predicted octanol–water partition coefficient (Wildman–Crippen LogP) is 3.12. The smallest absolute Gasteiger partial charge is 0.433 e. The van der Waals surface area contributed by atoms with Crippen molar-refractivity contribution in [2.45, 2.75) is 6.18 Å². The fourth-order valence-corrected chi connectivity index (χ4v) is 2.31. The number of rotatable bonds is 3. The molecule has 0 saturated carbocycles. The van der Waals surface area contributed by atoms with E-state index in [2.05, 4.69) is 10.1 Å². The van der Waals surface area contributed by atoms with Gasteiger partial charge in [0, 0.05) is 5.56 Å². The number of nitrogens with zero attached hydrogens (tertiary/aromatic N) is 3. The van der Waals surface area contributed by atoms with Gasteiger partial charge in [-0.25, -0.2) is 14.3 Å². The maximum Gasteiger partial charge on any atom is 0.433 e. The van der Waals surface area contributed by atoms with Crippen LogP contribution >= 0.6 is 0 Å². The molecule has 0 bridgehead atoms. The van der Waals surface area contributed by atoms with Crippen molar-refractivity contribution in [2.75, 3.05) is 7.11 Å². The minimum absolute atomic E-state index is 0.0599. The Morgan fingerprint density at radius 2 is 2.00 bits per heavy atom. The van der Waals surface area contributed by atoms with Gasteiger partial charge in [-0.3, -0.25) is 0 Å². The predicted molar refractivity (Wildman–Crippen MR) is 76.9 cm³/mol. The summed E-state index contributed by atoms with van der Waals surface area (Å²) < 4.78 is 45.6. The molecule has 6 nitrogen and oxygen atoms in total. The van der Waals surface area contributed by atoms with Gasteiger partial charge in [-0.1, -0.05) is 12.1 Å². The Hall–Kier alpha value is -3.10. The van der Waals surface area contributed by atoms with Gasteiger partial charge in [0.15, 0.2) is 11.3 Å². The van der Waals surface area contributed by atoms with Crippen LogP contribution in [0.25, 0.3) is 16.9 Å². The number of aromatic carboxylic acids is 1. The second kappa shape index (κ2) is 5.52. The fraction of sp³-hybridized carbons (Fsp3) is 0.133. The number of carboxylic acid groups (broad SMARTS) is 1. The zero-order chi connectivity index (χ0) is 17.5. The van der Waals surface area contributed by atoms with Gasteiger partial charge in [0.25, 0.3) is 0 Å². The number of carboxylic acids is 1. The summed E-state index contributed by atoms with van der Waals surface area (Å²) in [6, 6.07) is 7.19. The number of halogens is 3. The number of ether oxygens (including phenoxy) is 1. The van der Waals surface area contributed by atoms with Crippen molar-refractivity contribution in [3.8, 4) is 17.0 Å². The van der Waals surface area contributed by atoms with Gasteiger partial charge in [-0.2, -0.15) is 18.3 Å². The Kier molecular flexibility index (Phi) is 3.63. The third-order valence-electron chi connectivity index (χ3n) is 3.38. The molecule has 0 spiro atoms. The molecule has 2 heterocycles. The lowest BCUT2D eigenvalue weighted by Gasteiger charge is -2.13. The van der Waals surface area contributed by atoms with Gasteiger partial charge < -0.3 is 9.84 Å². The fourth-order valence-electron chi connectivity index (χ4n) is 2.31. The number of benzene rings is 1. The van der Waals surface area contributed by atoms with Gasteiger partial charge in [-0.05, 0) is 18.2 Å². The molecule has 0 unspecified atom stereocenters. The third kappa shape index (κ3) is 2.53. The van der Waals surface area contributed by atoms with Gasteiger partial charge in [0.05, 0.1) is 19.0 Å². The molecule has 3 rings (SSSR count). The Bertz CT molecular complexity index is 935. The molecule has 0 aliphatic heterocycles. The lowest BCUT2D eigenvalue weighted by Crippen LogP contribution is -2.14. The van der Waals surface area contributed by atoms with E-state index in [9.17, 15) is 18.0 Å². The zero-order valence-corrected chi connectivity index (χ0v) is 12.2. The highest BCUT2D eigenvalue weighted by molar-refractivity contribution is 5.94. The number of carbonyl (C=O) groups is 1. The van der Waals surface area contributed by atoms with E-state index in [-0.39, 0.29) is 5.69 Å². The molecule has 0 aliphatic carbocycles. The van der Waals surface area contributed by atoms with E-state index in [4.69, 9.17) is 9.84 Å². The van der Waals surface area contributed by atoms with Crippen molar-refractivity contribution < 1.29 is 27.8 Å². The molecule has 0 fully saturated rings. The van der Waals surface area contributed by atoms with Crippen LogP contribution in [0.2, 0.25) is 0 Å². The van der Waals surface area contributed by atoms with Crippen LogP contribution in [0.1, 0.15) is 16.1 Å². The van der Waals surface area contributed by atoms with E-state index < -0.39 is 29.1 Å². The number of fused-ring (bicyclic) bond motifs is 1. The van der Waals surface area contributed by atoms with Crippen molar-refractivity contribution in [3.63, 3.8) is 0 Å². The van der Waals surface area contributed by atoms with E-state index in [0.29, 0.717) is 15.8 Å². The van der Waals surface area contributed by atoms with Gasteiger partial charge in [0.2, 0.25) is 0 Å². The van der Waals surface area contributed by atoms with Crippen LogP contribution < -0.4 is 4.74 Å². The van der Waals surface area contributed by atoms with Crippen molar-refractivity contribution in [1.29, 1.82) is 0 Å². The highest BCUT2D eigenvalue weighted by Gasteiger charge is 2.36. The van der Waals surface area contributed by atoms with Gasteiger partial charge in [-0.15, -0.1) is 0 Å². The average Bonchev–Trinajstić information content (AvgIpc) is 2.96.